The van der Waals surface area contributed by atoms with Crippen LogP contribution in [0.5, 0.6) is 0 Å². The maximum Gasteiger partial charge on any atom is 0.231 e. The van der Waals surface area contributed by atoms with E-state index in [1.165, 1.54) is 44.9 Å². The normalized spacial score (nSPS) is 22.2. The van der Waals surface area contributed by atoms with E-state index in [9.17, 15) is 0 Å². The van der Waals surface area contributed by atoms with Gasteiger partial charge in [-0.15, -0.1) is 0 Å². The number of nitrogens with zero attached hydrogens (tertiary/aromatic N) is 3. The predicted molar refractivity (Wildman–Crippen MR) is 99.0 cm³/mol. The van der Waals surface area contributed by atoms with Crippen LogP contribution in [0.4, 0.5) is 11.8 Å². The van der Waals surface area contributed by atoms with Gasteiger partial charge in [-0.2, -0.15) is 4.98 Å². The second-order valence-corrected chi connectivity index (χ2v) is 7.22. The van der Waals surface area contributed by atoms with Crippen LogP contribution in [0.2, 0.25) is 0 Å². The summed E-state index contributed by atoms with van der Waals surface area (Å²) < 4.78 is 0. The van der Waals surface area contributed by atoms with E-state index in [1.54, 1.807) is 0 Å². The first-order valence-corrected chi connectivity index (χ1v) is 9.22. The highest BCUT2D eigenvalue weighted by molar-refractivity contribution is 7.80. The average Bonchev–Trinajstić information content (AvgIpc) is 2.99. The van der Waals surface area contributed by atoms with Crippen LogP contribution in [0.3, 0.4) is 0 Å². The molecule has 23 heavy (non-hydrogen) atoms. The number of rotatable bonds is 3. The van der Waals surface area contributed by atoms with Gasteiger partial charge in [0.15, 0.2) is 5.11 Å². The summed E-state index contributed by atoms with van der Waals surface area (Å²) in [6.07, 6.45) is 8.75. The molecule has 1 aromatic rings. The summed E-state index contributed by atoms with van der Waals surface area (Å²) >= 11 is 5.42. The van der Waals surface area contributed by atoms with Gasteiger partial charge in [0.05, 0.1) is 0 Å². The Kier molecular flexibility index (Phi) is 5.30. The van der Waals surface area contributed by atoms with E-state index in [-0.39, 0.29) is 0 Å². The number of hydrogen-bond donors (Lipinski definition) is 2. The van der Waals surface area contributed by atoms with Crippen LogP contribution < -0.4 is 15.5 Å². The van der Waals surface area contributed by atoms with Gasteiger partial charge in [0.2, 0.25) is 5.95 Å². The number of anilines is 2. The van der Waals surface area contributed by atoms with Crippen molar-refractivity contribution in [3.63, 3.8) is 0 Å². The Morgan fingerprint density at radius 2 is 1.91 bits per heavy atom. The molecule has 0 unspecified atom stereocenters. The first kappa shape index (κ1) is 16.4. The van der Waals surface area contributed by atoms with Gasteiger partial charge in [0.25, 0.3) is 0 Å². The van der Waals surface area contributed by atoms with Crippen molar-refractivity contribution in [3.05, 3.63) is 11.8 Å². The first-order valence-electron chi connectivity index (χ1n) is 8.81. The van der Waals surface area contributed by atoms with Gasteiger partial charge in [0.1, 0.15) is 5.82 Å². The van der Waals surface area contributed by atoms with E-state index in [2.05, 4.69) is 33.5 Å². The van der Waals surface area contributed by atoms with Gasteiger partial charge in [-0.3, -0.25) is 0 Å². The molecular weight excluding hydrogens is 306 g/mol. The van der Waals surface area contributed by atoms with E-state index >= 15 is 0 Å². The quantitative estimate of drug-likeness (QED) is 0.827. The van der Waals surface area contributed by atoms with E-state index in [1.807, 2.05) is 6.92 Å². The second kappa shape index (κ2) is 7.43. The van der Waals surface area contributed by atoms with Gasteiger partial charge >= 0.3 is 0 Å². The van der Waals surface area contributed by atoms with Gasteiger partial charge in [-0.05, 0) is 58.2 Å². The lowest BCUT2D eigenvalue weighted by atomic mass is 10.0. The Bertz CT molecular complexity index is 556. The molecule has 1 saturated heterocycles. The summed E-state index contributed by atoms with van der Waals surface area (Å²) in [7, 11) is 0. The summed E-state index contributed by atoms with van der Waals surface area (Å²) in [5.41, 5.74) is 0.971. The molecule has 1 aliphatic carbocycles. The molecule has 6 heteroatoms. The highest BCUT2D eigenvalue weighted by atomic mass is 32.1. The molecule has 5 nitrogen and oxygen atoms in total. The van der Waals surface area contributed by atoms with Crippen LogP contribution in [0.1, 0.15) is 57.6 Å². The van der Waals surface area contributed by atoms with Crippen LogP contribution in [-0.2, 0) is 0 Å². The highest BCUT2D eigenvalue weighted by Gasteiger charge is 2.21. The van der Waals surface area contributed by atoms with Gasteiger partial charge in [-0.25, -0.2) is 4.98 Å². The lowest BCUT2D eigenvalue weighted by Gasteiger charge is -2.34. The lowest BCUT2D eigenvalue weighted by molar-refractivity contribution is 0.481. The summed E-state index contributed by atoms with van der Waals surface area (Å²) in [5, 5.41) is 7.20. The zero-order valence-electron chi connectivity index (χ0n) is 14.1. The minimum atomic E-state index is 0.501. The molecule has 0 radical (unpaired) electrons. The van der Waals surface area contributed by atoms with Crippen LogP contribution in [0.25, 0.3) is 0 Å². The molecule has 1 atom stereocenters. The minimum absolute atomic E-state index is 0.501. The van der Waals surface area contributed by atoms with Crippen molar-refractivity contribution in [2.24, 2.45) is 0 Å². The van der Waals surface area contributed by atoms with Crippen LogP contribution in [0.15, 0.2) is 6.07 Å². The van der Waals surface area contributed by atoms with Crippen molar-refractivity contribution in [2.45, 2.75) is 70.9 Å². The minimum Gasteiger partial charge on any atom is -0.360 e. The fraction of sp³-hybridized carbons (Fsp3) is 0.706. The molecule has 1 aliphatic heterocycles. The number of nitrogens with one attached hydrogen (secondary N) is 2. The van der Waals surface area contributed by atoms with E-state index in [4.69, 9.17) is 17.2 Å². The standard InChI is InChI=1S/C17H27N5S/c1-12-11-15(22-10-6-5-7-13(22)2)20-16(18-12)21-17(23)19-14-8-3-4-9-14/h11,13-14H,3-10H2,1-2H3,(H2,18,19,20,21,23)/t13-/m1/s1. The Morgan fingerprint density at radius 3 is 2.65 bits per heavy atom. The van der Waals surface area contributed by atoms with Gasteiger partial charge < -0.3 is 15.5 Å². The van der Waals surface area contributed by atoms with Crippen LogP contribution in [-0.4, -0.2) is 33.7 Å². The first-order chi connectivity index (χ1) is 11.1. The summed E-state index contributed by atoms with van der Waals surface area (Å²) in [6, 6.07) is 3.11. The zero-order chi connectivity index (χ0) is 16.2. The molecule has 0 spiro atoms. The second-order valence-electron chi connectivity index (χ2n) is 6.81. The molecule has 2 fully saturated rings. The fourth-order valence-corrected chi connectivity index (χ4v) is 3.84. The predicted octanol–water partition coefficient (Wildman–Crippen LogP) is 3.39. The molecule has 0 bridgehead atoms. The summed E-state index contributed by atoms with van der Waals surface area (Å²) in [5.74, 6) is 1.61. The molecule has 2 aliphatic rings. The highest BCUT2D eigenvalue weighted by Crippen LogP contribution is 2.24. The van der Waals surface area contributed by atoms with Crippen molar-refractivity contribution < 1.29 is 0 Å². The molecule has 0 amide bonds. The monoisotopic (exact) mass is 333 g/mol. The third kappa shape index (κ3) is 4.31. The largest absolute Gasteiger partial charge is 0.360 e. The van der Waals surface area contributed by atoms with E-state index < -0.39 is 0 Å². The molecule has 3 rings (SSSR count). The third-order valence-electron chi connectivity index (χ3n) is 4.85. The maximum atomic E-state index is 5.42. The fourth-order valence-electron chi connectivity index (χ4n) is 3.59. The van der Waals surface area contributed by atoms with Crippen molar-refractivity contribution in [1.82, 2.24) is 15.3 Å². The van der Waals surface area contributed by atoms with Crippen LogP contribution >= 0.6 is 12.2 Å². The molecule has 2 N–H and O–H groups in total. The Balaban J connectivity index is 1.68. The molecule has 2 heterocycles. The van der Waals surface area contributed by atoms with Crippen molar-refractivity contribution >= 4 is 29.1 Å². The lowest BCUT2D eigenvalue weighted by Crippen LogP contribution is -2.39. The smallest absolute Gasteiger partial charge is 0.231 e. The Labute approximate surface area is 144 Å². The number of thiocarbonyl (C=S) groups is 1. The SMILES string of the molecule is Cc1cc(N2CCCC[C@H]2C)nc(NC(=S)NC2CCCC2)n1. The number of aromatic nitrogens is 2. The molecule has 0 aromatic carbocycles. The molecule has 1 aromatic heterocycles. The number of aryl methyl sites for hydroxylation is 1. The topological polar surface area (TPSA) is 53.1 Å². The van der Waals surface area contributed by atoms with Crippen molar-refractivity contribution in [2.75, 3.05) is 16.8 Å². The number of piperidine rings is 1. The van der Waals surface area contributed by atoms with Crippen LogP contribution in [0, 0.1) is 6.92 Å². The van der Waals surface area contributed by atoms with Gasteiger partial charge in [-0.1, -0.05) is 12.8 Å². The summed E-state index contributed by atoms with van der Waals surface area (Å²) in [6.45, 7) is 5.36. The van der Waals surface area contributed by atoms with Crippen molar-refractivity contribution in [3.8, 4) is 0 Å². The van der Waals surface area contributed by atoms with E-state index in [0.29, 0.717) is 23.1 Å². The van der Waals surface area contributed by atoms with Crippen molar-refractivity contribution in [1.29, 1.82) is 0 Å². The third-order valence-corrected chi connectivity index (χ3v) is 5.07. The molecular formula is C17H27N5S. The maximum absolute atomic E-state index is 5.42. The zero-order valence-corrected chi connectivity index (χ0v) is 15.0. The Morgan fingerprint density at radius 1 is 1.17 bits per heavy atom. The Hall–Kier alpha value is -1.43. The van der Waals surface area contributed by atoms with E-state index in [0.717, 1.165) is 18.1 Å². The van der Waals surface area contributed by atoms with Gasteiger partial charge in [0, 0.05) is 30.4 Å². The summed E-state index contributed by atoms with van der Waals surface area (Å²) in [4.78, 5) is 11.6. The number of hydrogen-bond acceptors (Lipinski definition) is 4. The molecule has 1 saturated carbocycles. The molecule has 126 valence electrons. The average molecular weight is 334 g/mol.